The number of amides is 1. The van der Waals surface area contributed by atoms with Gasteiger partial charge in [-0.1, -0.05) is 42.5 Å². The van der Waals surface area contributed by atoms with E-state index in [0.717, 1.165) is 25.7 Å². The Kier molecular flexibility index (Phi) is 8.20. The first-order valence-electron chi connectivity index (χ1n) is 8.06. The summed E-state index contributed by atoms with van der Waals surface area (Å²) in [6.07, 6.45) is 3.56. The van der Waals surface area contributed by atoms with Crippen molar-refractivity contribution < 1.29 is 9.53 Å². The van der Waals surface area contributed by atoms with Crippen molar-refractivity contribution in [3.8, 4) is 0 Å². The molecule has 0 radical (unpaired) electrons. The fourth-order valence-electron chi connectivity index (χ4n) is 2.24. The van der Waals surface area contributed by atoms with Gasteiger partial charge in [-0.15, -0.1) is 0 Å². The van der Waals surface area contributed by atoms with Gasteiger partial charge in [0.2, 0.25) is 5.91 Å². The van der Waals surface area contributed by atoms with Gasteiger partial charge < -0.3 is 15.8 Å². The van der Waals surface area contributed by atoms with Gasteiger partial charge in [0.15, 0.2) is 0 Å². The molecule has 0 aliphatic rings. The fourth-order valence-corrected chi connectivity index (χ4v) is 2.52. The first kappa shape index (κ1) is 19.6. The van der Waals surface area contributed by atoms with Crippen LogP contribution in [-0.2, 0) is 16.0 Å². The highest BCUT2D eigenvalue weighted by Gasteiger charge is 2.21. The summed E-state index contributed by atoms with van der Waals surface area (Å²) in [7, 11) is 0. The van der Waals surface area contributed by atoms with Crippen LogP contribution in [0.4, 0.5) is 0 Å². The van der Waals surface area contributed by atoms with Crippen LogP contribution in [0.5, 0.6) is 0 Å². The van der Waals surface area contributed by atoms with Crippen LogP contribution in [-0.4, -0.2) is 22.7 Å². The molecule has 1 aromatic carbocycles. The van der Waals surface area contributed by atoms with E-state index in [1.165, 1.54) is 5.56 Å². The Morgan fingerprint density at radius 1 is 1.26 bits per heavy atom. The van der Waals surface area contributed by atoms with Crippen molar-refractivity contribution in [2.45, 2.75) is 64.7 Å². The number of rotatable bonds is 9. The number of hydrogen-bond acceptors (Lipinski definition) is 3. The highest BCUT2D eigenvalue weighted by molar-refractivity contribution is 7.80. The fraction of sp³-hybridized carbons (Fsp3) is 0.556. The van der Waals surface area contributed by atoms with Crippen LogP contribution in [0.15, 0.2) is 30.3 Å². The van der Waals surface area contributed by atoms with Gasteiger partial charge in [0, 0.05) is 0 Å². The summed E-state index contributed by atoms with van der Waals surface area (Å²) >= 11 is 5.36. The number of benzene rings is 1. The van der Waals surface area contributed by atoms with Crippen molar-refractivity contribution in [3.05, 3.63) is 35.9 Å². The lowest BCUT2D eigenvalue weighted by atomic mass is 10.1. The lowest BCUT2D eigenvalue weighted by Crippen LogP contribution is -2.43. The van der Waals surface area contributed by atoms with Crippen molar-refractivity contribution in [1.29, 1.82) is 0 Å². The summed E-state index contributed by atoms with van der Waals surface area (Å²) in [5.41, 5.74) is 6.25. The second kappa shape index (κ2) is 9.63. The molecule has 1 rings (SSSR count). The van der Waals surface area contributed by atoms with Crippen LogP contribution in [0.3, 0.4) is 0 Å². The van der Waals surface area contributed by atoms with E-state index in [2.05, 4.69) is 29.6 Å². The standard InChI is InChI=1S/C18H28N2O2S/c1-18(2,3)22-16(13-15(19)21)20-17(23)12-8-7-11-14-9-5-4-6-10-14/h4-6,9-10,16H,7-8,11-13H2,1-3H3,(H2,19,21)(H,20,23). The highest BCUT2D eigenvalue weighted by Crippen LogP contribution is 2.12. The quantitative estimate of drug-likeness (QED) is 0.412. The van der Waals surface area contributed by atoms with Crippen molar-refractivity contribution in [1.82, 2.24) is 5.32 Å². The van der Waals surface area contributed by atoms with Gasteiger partial charge in [-0.25, -0.2) is 0 Å². The number of nitrogens with one attached hydrogen (secondary N) is 1. The smallest absolute Gasteiger partial charge is 0.221 e. The largest absolute Gasteiger partial charge is 0.370 e. The molecule has 1 aromatic rings. The number of aryl methyl sites for hydroxylation is 1. The second-order valence-electron chi connectivity index (χ2n) is 6.65. The zero-order valence-corrected chi connectivity index (χ0v) is 15.1. The highest BCUT2D eigenvalue weighted by atomic mass is 32.1. The predicted octanol–water partition coefficient (Wildman–Crippen LogP) is 3.33. The summed E-state index contributed by atoms with van der Waals surface area (Å²) in [6, 6.07) is 10.4. The Labute approximate surface area is 144 Å². The summed E-state index contributed by atoms with van der Waals surface area (Å²) in [4.78, 5) is 11.9. The van der Waals surface area contributed by atoms with Gasteiger partial charge in [-0.05, 0) is 52.0 Å². The number of unbranched alkanes of at least 4 members (excludes halogenated alkanes) is 1. The number of ether oxygens (including phenoxy) is 1. The summed E-state index contributed by atoms with van der Waals surface area (Å²) in [5.74, 6) is -0.404. The van der Waals surface area contributed by atoms with E-state index in [-0.39, 0.29) is 12.0 Å². The Balaban J connectivity index is 2.32. The first-order chi connectivity index (χ1) is 10.8. The minimum absolute atomic E-state index is 0.113. The molecule has 1 unspecified atom stereocenters. The molecule has 0 fully saturated rings. The summed E-state index contributed by atoms with van der Waals surface area (Å²) in [5, 5.41) is 3.11. The molecular weight excluding hydrogens is 308 g/mol. The summed E-state index contributed by atoms with van der Waals surface area (Å²) in [6.45, 7) is 5.81. The maximum absolute atomic E-state index is 11.2. The van der Waals surface area contributed by atoms with E-state index in [0.29, 0.717) is 4.99 Å². The van der Waals surface area contributed by atoms with Gasteiger partial charge in [-0.3, -0.25) is 4.79 Å². The number of carbonyl (C=O) groups is 1. The van der Waals surface area contributed by atoms with Crippen LogP contribution in [0.1, 0.15) is 52.0 Å². The van der Waals surface area contributed by atoms with Crippen LogP contribution in [0.25, 0.3) is 0 Å². The number of hydrogen-bond donors (Lipinski definition) is 2. The molecule has 4 nitrogen and oxygen atoms in total. The molecule has 0 spiro atoms. The van der Waals surface area contributed by atoms with Crippen molar-refractivity contribution in [2.24, 2.45) is 5.73 Å². The van der Waals surface area contributed by atoms with E-state index < -0.39 is 12.1 Å². The molecule has 1 amide bonds. The molecule has 0 bridgehead atoms. The molecule has 3 N–H and O–H groups in total. The van der Waals surface area contributed by atoms with E-state index >= 15 is 0 Å². The van der Waals surface area contributed by atoms with Crippen LogP contribution < -0.4 is 11.1 Å². The first-order valence-corrected chi connectivity index (χ1v) is 8.46. The summed E-state index contributed by atoms with van der Waals surface area (Å²) < 4.78 is 5.80. The Hall–Kier alpha value is -1.46. The van der Waals surface area contributed by atoms with E-state index in [1.807, 2.05) is 26.8 Å². The SMILES string of the molecule is CC(C)(C)OC(CC(N)=O)NC(=S)CCCCc1ccccc1. The zero-order chi connectivity index (χ0) is 17.3. The number of primary amides is 1. The predicted molar refractivity (Wildman–Crippen MR) is 98.2 cm³/mol. The molecule has 128 valence electrons. The molecule has 0 aliphatic heterocycles. The van der Waals surface area contributed by atoms with Gasteiger partial charge in [0.25, 0.3) is 0 Å². The molecule has 5 heteroatoms. The molecule has 23 heavy (non-hydrogen) atoms. The Morgan fingerprint density at radius 3 is 2.48 bits per heavy atom. The minimum atomic E-state index is -0.464. The van der Waals surface area contributed by atoms with E-state index in [1.54, 1.807) is 0 Å². The van der Waals surface area contributed by atoms with Gasteiger partial charge in [-0.2, -0.15) is 0 Å². The van der Waals surface area contributed by atoms with Crippen LogP contribution in [0.2, 0.25) is 0 Å². The van der Waals surface area contributed by atoms with Gasteiger partial charge in [0.05, 0.1) is 17.0 Å². The van der Waals surface area contributed by atoms with Gasteiger partial charge in [0.1, 0.15) is 6.23 Å². The van der Waals surface area contributed by atoms with Gasteiger partial charge >= 0.3 is 0 Å². The molecule has 0 aliphatic carbocycles. The maximum Gasteiger partial charge on any atom is 0.221 e. The average molecular weight is 337 g/mol. The lowest BCUT2D eigenvalue weighted by Gasteiger charge is -2.28. The van der Waals surface area contributed by atoms with E-state index in [4.69, 9.17) is 22.7 Å². The van der Waals surface area contributed by atoms with Crippen LogP contribution >= 0.6 is 12.2 Å². The average Bonchev–Trinajstić information content (AvgIpc) is 2.42. The monoisotopic (exact) mass is 336 g/mol. The molecule has 0 saturated heterocycles. The van der Waals surface area contributed by atoms with E-state index in [9.17, 15) is 4.79 Å². The minimum Gasteiger partial charge on any atom is -0.370 e. The Bertz CT molecular complexity index is 497. The van der Waals surface area contributed by atoms with Crippen LogP contribution in [0, 0.1) is 0 Å². The molecule has 1 atom stereocenters. The topological polar surface area (TPSA) is 64.3 Å². The normalized spacial score (nSPS) is 12.7. The molecule has 0 aromatic heterocycles. The number of thiocarbonyl (C=S) groups is 1. The van der Waals surface area contributed by atoms with Crippen molar-refractivity contribution >= 4 is 23.1 Å². The van der Waals surface area contributed by atoms with Crippen molar-refractivity contribution in [3.63, 3.8) is 0 Å². The second-order valence-corrected chi connectivity index (χ2v) is 7.14. The number of carbonyl (C=O) groups excluding carboxylic acids is 1. The molecule has 0 saturated carbocycles. The third-order valence-corrected chi connectivity index (χ3v) is 3.49. The van der Waals surface area contributed by atoms with Crippen molar-refractivity contribution in [2.75, 3.05) is 0 Å². The number of nitrogens with two attached hydrogens (primary N) is 1. The third-order valence-electron chi connectivity index (χ3n) is 3.17. The zero-order valence-electron chi connectivity index (χ0n) is 14.3. The third kappa shape index (κ3) is 10.0. The molecule has 0 heterocycles. The molecular formula is C18H28N2O2S. The lowest BCUT2D eigenvalue weighted by molar-refractivity contribution is -0.125. The Morgan fingerprint density at radius 2 is 1.91 bits per heavy atom. The maximum atomic E-state index is 11.2.